The first-order chi connectivity index (χ1) is 10.5. The molecule has 1 fully saturated rings. The summed E-state index contributed by atoms with van der Waals surface area (Å²) in [5.74, 6) is 0.681. The second-order valence-electron chi connectivity index (χ2n) is 5.36. The minimum Gasteiger partial charge on any atom is -0.497 e. The lowest BCUT2D eigenvalue weighted by atomic mass is 9.98. The molecule has 1 aromatic carbocycles. The van der Waals surface area contributed by atoms with Crippen molar-refractivity contribution < 1.29 is 21.5 Å². The molecule has 0 aliphatic heterocycles. The van der Waals surface area contributed by atoms with Gasteiger partial charge in [-0.15, -0.1) is 0 Å². The summed E-state index contributed by atoms with van der Waals surface area (Å²) >= 11 is 0. The maximum absolute atomic E-state index is 12.0. The number of ether oxygens (including phenoxy) is 1. The SMILES string of the molecule is COc1ccc(C(CN)OS(=O)(=O)OC2CCCCC2)cc1. The molecule has 0 spiro atoms. The van der Waals surface area contributed by atoms with Crippen LogP contribution in [0.3, 0.4) is 0 Å². The predicted octanol–water partition coefficient (Wildman–Crippen LogP) is 2.31. The van der Waals surface area contributed by atoms with Gasteiger partial charge in [-0.2, -0.15) is 8.42 Å². The van der Waals surface area contributed by atoms with Gasteiger partial charge in [0.05, 0.1) is 13.2 Å². The quantitative estimate of drug-likeness (QED) is 0.826. The molecule has 1 aromatic rings. The van der Waals surface area contributed by atoms with Gasteiger partial charge >= 0.3 is 10.4 Å². The lowest BCUT2D eigenvalue weighted by Crippen LogP contribution is -2.26. The molecule has 6 nitrogen and oxygen atoms in total. The van der Waals surface area contributed by atoms with E-state index in [1.165, 1.54) is 0 Å². The Kier molecular flexibility index (Phi) is 6.19. The Morgan fingerprint density at radius 1 is 1.18 bits per heavy atom. The fraction of sp³-hybridized carbons (Fsp3) is 0.600. The van der Waals surface area contributed by atoms with Crippen molar-refractivity contribution in [2.75, 3.05) is 13.7 Å². The summed E-state index contributed by atoms with van der Waals surface area (Å²) in [4.78, 5) is 0. The highest BCUT2D eigenvalue weighted by Crippen LogP contribution is 2.26. The highest BCUT2D eigenvalue weighted by Gasteiger charge is 2.26. The first-order valence-corrected chi connectivity index (χ1v) is 8.83. The van der Waals surface area contributed by atoms with Crippen LogP contribution >= 0.6 is 0 Å². The fourth-order valence-corrected chi connectivity index (χ4v) is 3.59. The van der Waals surface area contributed by atoms with Gasteiger partial charge in [0.1, 0.15) is 11.9 Å². The van der Waals surface area contributed by atoms with E-state index in [1.807, 2.05) is 0 Å². The summed E-state index contributed by atoms with van der Waals surface area (Å²) < 4.78 is 39.4. The minimum atomic E-state index is -4.07. The molecule has 2 N–H and O–H groups in total. The molecule has 1 atom stereocenters. The third-order valence-corrected chi connectivity index (χ3v) is 4.72. The van der Waals surface area contributed by atoms with Gasteiger partial charge in [-0.3, -0.25) is 0 Å². The Hall–Kier alpha value is -1.15. The van der Waals surface area contributed by atoms with E-state index in [-0.39, 0.29) is 12.6 Å². The molecule has 0 amide bonds. The van der Waals surface area contributed by atoms with E-state index in [9.17, 15) is 8.42 Å². The molecular formula is C15H23NO5S. The number of hydrogen-bond donors (Lipinski definition) is 1. The Morgan fingerprint density at radius 3 is 2.36 bits per heavy atom. The molecule has 1 aliphatic carbocycles. The van der Waals surface area contributed by atoms with E-state index in [0.717, 1.165) is 32.1 Å². The smallest absolute Gasteiger partial charge is 0.400 e. The number of nitrogens with two attached hydrogens (primary N) is 1. The molecule has 0 saturated heterocycles. The van der Waals surface area contributed by atoms with Crippen LogP contribution < -0.4 is 10.5 Å². The maximum Gasteiger partial charge on any atom is 0.400 e. The van der Waals surface area contributed by atoms with Gasteiger partial charge in [0, 0.05) is 6.54 Å². The van der Waals surface area contributed by atoms with Crippen LogP contribution in [0, 0.1) is 0 Å². The summed E-state index contributed by atoms with van der Waals surface area (Å²) in [6.07, 6.45) is 3.54. The fourth-order valence-electron chi connectivity index (χ4n) is 2.54. The van der Waals surface area contributed by atoms with E-state index < -0.39 is 16.5 Å². The number of methoxy groups -OCH3 is 1. The van der Waals surface area contributed by atoms with Gasteiger partial charge in [-0.25, -0.2) is 8.37 Å². The van der Waals surface area contributed by atoms with Crippen LogP contribution in [-0.4, -0.2) is 28.2 Å². The van der Waals surface area contributed by atoms with Crippen LogP contribution in [0.4, 0.5) is 0 Å². The van der Waals surface area contributed by atoms with E-state index in [4.69, 9.17) is 18.8 Å². The third kappa shape index (κ3) is 4.95. The van der Waals surface area contributed by atoms with Crippen molar-refractivity contribution in [1.29, 1.82) is 0 Å². The topological polar surface area (TPSA) is 87.9 Å². The zero-order valence-corrected chi connectivity index (χ0v) is 13.6. The molecule has 124 valence electrons. The first kappa shape index (κ1) is 17.2. The van der Waals surface area contributed by atoms with Gasteiger partial charge in [-0.1, -0.05) is 31.4 Å². The molecule has 1 unspecified atom stereocenters. The van der Waals surface area contributed by atoms with Crippen LogP contribution in [0.15, 0.2) is 24.3 Å². The zero-order valence-electron chi connectivity index (χ0n) is 12.7. The number of benzene rings is 1. The van der Waals surface area contributed by atoms with Gasteiger partial charge in [-0.05, 0) is 30.5 Å². The van der Waals surface area contributed by atoms with Crippen LogP contribution in [0.2, 0.25) is 0 Å². The Morgan fingerprint density at radius 2 is 1.82 bits per heavy atom. The van der Waals surface area contributed by atoms with Crippen LogP contribution in [-0.2, 0) is 18.8 Å². The zero-order chi connectivity index (χ0) is 16.0. The second kappa shape index (κ2) is 7.92. The monoisotopic (exact) mass is 329 g/mol. The normalized spacial score (nSPS) is 18.1. The lowest BCUT2D eigenvalue weighted by molar-refractivity contribution is 0.105. The molecule has 22 heavy (non-hydrogen) atoms. The van der Waals surface area contributed by atoms with Crippen molar-refractivity contribution in [2.24, 2.45) is 5.73 Å². The van der Waals surface area contributed by atoms with Crippen molar-refractivity contribution in [3.05, 3.63) is 29.8 Å². The highest BCUT2D eigenvalue weighted by molar-refractivity contribution is 7.81. The maximum atomic E-state index is 12.0. The van der Waals surface area contributed by atoms with Gasteiger partial charge in [0.2, 0.25) is 0 Å². The molecule has 0 heterocycles. The molecule has 0 aromatic heterocycles. The summed E-state index contributed by atoms with van der Waals surface area (Å²) in [5.41, 5.74) is 6.31. The first-order valence-electron chi connectivity index (χ1n) is 7.49. The third-order valence-electron chi connectivity index (χ3n) is 3.74. The molecule has 0 radical (unpaired) electrons. The van der Waals surface area contributed by atoms with E-state index in [1.54, 1.807) is 31.4 Å². The van der Waals surface area contributed by atoms with Gasteiger partial charge in [0.25, 0.3) is 0 Å². The van der Waals surface area contributed by atoms with Crippen molar-refractivity contribution in [1.82, 2.24) is 0 Å². The van der Waals surface area contributed by atoms with Gasteiger partial charge in [0.15, 0.2) is 0 Å². The molecular weight excluding hydrogens is 306 g/mol. The van der Waals surface area contributed by atoms with Crippen LogP contribution in [0.25, 0.3) is 0 Å². The van der Waals surface area contributed by atoms with Crippen LogP contribution in [0.1, 0.15) is 43.8 Å². The molecule has 2 rings (SSSR count). The largest absolute Gasteiger partial charge is 0.497 e. The standard InChI is InChI=1S/C15H23NO5S/c1-19-13-9-7-12(8-10-13)15(11-16)21-22(17,18)20-14-5-3-2-4-6-14/h7-10,14-15H,2-6,11,16H2,1H3. The predicted molar refractivity (Wildman–Crippen MR) is 82.8 cm³/mol. The average molecular weight is 329 g/mol. The van der Waals surface area contributed by atoms with Crippen molar-refractivity contribution >= 4 is 10.4 Å². The molecule has 7 heteroatoms. The average Bonchev–Trinajstić information content (AvgIpc) is 2.53. The van der Waals surface area contributed by atoms with E-state index >= 15 is 0 Å². The van der Waals surface area contributed by atoms with Gasteiger partial charge < -0.3 is 10.5 Å². The summed E-state index contributed by atoms with van der Waals surface area (Å²) in [6.45, 7) is 0.0413. The van der Waals surface area contributed by atoms with Crippen molar-refractivity contribution in [2.45, 2.75) is 44.3 Å². The molecule has 1 saturated carbocycles. The minimum absolute atomic E-state index is 0.0413. The van der Waals surface area contributed by atoms with Crippen LogP contribution in [0.5, 0.6) is 5.75 Å². The second-order valence-corrected chi connectivity index (χ2v) is 6.56. The number of rotatable bonds is 7. The number of hydrogen-bond acceptors (Lipinski definition) is 6. The highest BCUT2D eigenvalue weighted by atomic mass is 32.3. The summed E-state index contributed by atoms with van der Waals surface area (Å²) in [7, 11) is -2.50. The van der Waals surface area contributed by atoms with E-state index in [0.29, 0.717) is 11.3 Å². The summed E-state index contributed by atoms with van der Waals surface area (Å²) in [5, 5.41) is 0. The van der Waals surface area contributed by atoms with Crippen molar-refractivity contribution in [3.8, 4) is 5.75 Å². The Bertz CT molecular complexity index is 552. The van der Waals surface area contributed by atoms with Crippen molar-refractivity contribution in [3.63, 3.8) is 0 Å². The summed E-state index contributed by atoms with van der Waals surface area (Å²) in [6, 6.07) is 6.92. The lowest BCUT2D eigenvalue weighted by Gasteiger charge is -2.22. The Balaban J connectivity index is 2.00. The molecule has 0 bridgehead atoms. The molecule has 1 aliphatic rings. The van der Waals surface area contributed by atoms with E-state index in [2.05, 4.69) is 0 Å². The Labute approximate surface area is 131 Å².